The molecular formula is C25H30N2O4. The minimum Gasteiger partial charge on any atom is -0.479 e. The van der Waals surface area contributed by atoms with Gasteiger partial charge in [-0.15, -0.1) is 0 Å². The molecular weight excluding hydrogens is 392 g/mol. The van der Waals surface area contributed by atoms with Gasteiger partial charge in [-0.05, 0) is 55.1 Å². The lowest BCUT2D eigenvalue weighted by Crippen LogP contribution is -2.64. The minimum atomic E-state index is -1.24. The lowest BCUT2D eigenvalue weighted by molar-refractivity contribution is -0.154. The number of piperidine rings is 1. The first-order chi connectivity index (χ1) is 15.0. The van der Waals surface area contributed by atoms with Crippen molar-refractivity contribution >= 4 is 12.1 Å². The zero-order chi connectivity index (χ0) is 22.0. The van der Waals surface area contributed by atoms with Gasteiger partial charge in [0.1, 0.15) is 6.61 Å². The summed E-state index contributed by atoms with van der Waals surface area (Å²) in [5.41, 5.74) is 3.37. The van der Waals surface area contributed by atoms with Crippen molar-refractivity contribution in [1.82, 2.24) is 9.80 Å². The van der Waals surface area contributed by atoms with E-state index in [4.69, 9.17) is 4.74 Å². The molecule has 0 spiro atoms. The van der Waals surface area contributed by atoms with E-state index in [9.17, 15) is 14.7 Å². The van der Waals surface area contributed by atoms with E-state index in [1.807, 2.05) is 43.1 Å². The molecule has 1 fully saturated rings. The number of aliphatic carboxylic acids is 1. The smallest absolute Gasteiger partial charge is 0.410 e. The van der Waals surface area contributed by atoms with Crippen molar-refractivity contribution in [2.75, 3.05) is 33.3 Å². The molecule has 2 aromatic rings. The summed E-state index contributed by atoms with van der Waals surface area (Å²) in [5, 5.41) is 10.1. The fraction of sp³-hybridized carbons (Fsp3) is 0.440. The third kappa shape index (κ3) is 3.81. The van der Waals surface area contributed by atoms with Crippen LogP contribution in [0.2, 0.25) is 0 Å². The second-order valence-corrected chi connectivity index (χ2v) is 8.63. The van der Waals surface area contributed by atoms with Gasteiger partial charge in [-0.2, -0.15) is 0 Å². The number of ether oxygens (including phenoxy) is 1. The van der Waals surface area contributed by atoms with E-state index in [1.165, 1.54) is 16.0 Å². The Morgan fingerprint density at radius 3 is 2.29 bits per heavy atom. The molecule has 1 aliphatic carbocycles. The van der Waals surface area contributed by atoms with Crippen LogP contribution < -0.4 is 0 Å². The Morgan fingerprint density at radius 1 is 1.13 bits per heavy atom. The third-order valence-electron chi connectivity index (χ3n) is 6.58. The molecule has 2 aromatic carbocycles. The van der Waals surface area contributed by atoms with Gasteiger partial charge < -0.3 is 14.7 Å². The molecule has 1 unspecified atom stereocenters. The predicted molar refractivity (Wildman–Crippen MR) is 119 cm³/mol. The Bertz CT molecular complexity index is 930. The molecule has 2 aliphatic rings. The van der Waals surface area contributed by atoms with Gasteiger partial charge in [0, 0.05) is 19.0 Å². The van der Waals surface area contributed by atoms with Crippen molar-refractivity contribution < 1.29 is 19.4 Å². The molecule has 1 amide bonds. The van der Waals surface area contributed by atoms with Gasteiger partial charge >= 0.3 is 12.1 Å². The average molecular weight is 423 g/mol. The molecule has 1 atom stereocenters. The monoisotopic (exact) mass is 422 g/mol. The number of likely N-dealkylation sites (N-methyl/N-ethyl adjacent to an activating group) is 1. The van der Waals surface area contributed by atoms with E-state index in [0.29, 0.717) is 25.9 Å². The van der Waals surface area contributed by atoms with Crippen molar-refractivity contribution in [1.29, 1.82) is 0 Å². The number of fused-ring (bicyclic) bond motifs is 3. The molecule has 6 heteroatoms. The Kier molecular flexibility index (Phi) is 6.01. The summed E-state index contributed by atoms with van der Waals surface area (Å²) in [6.45, 7) is 3.65. The number of benzene rings is 2. The molecule has 1 heterocycles. The highest BCUT2D eigenvalue weighted by Gasteiger charge is 2.49. The fourth-order valence-electron chi connectivity index (χ4n) is 5.13. The first-order valence-electron chi connectivity index (χ1n) is 11.0. The number of carbonyl (C=O) groups excluding carboxylic acids is 1. The summed E-state index contributed by atoms with van der Waals surface area (Å²) >= 11 is 0. The molecule has 0 radical (unpaired) electrons. The van der Waals surface area contributed by atoms with Crippen LogP contribution in [0, 0.1) is 0 Å². The van der Waals surface area contributed by atoms with Crippen LogP contribution >= 0.6 is 0 Å². The summed E-state index contributed by atoms with van der Waals surface area (Å²) in [5.74, 6) is -1.00. The number of hydrogen-bond donors (Lipinski definition) is 1. The number of carbonyl (C=O) groups is 2. The van der Waals surface area contributed by atoms with Crippen molar-refractivity contribution in [3.05, 3.63) is 59.7 Å². The van der Waals surface area contributed by atoms with E-state index in [2.05, 4.69) is 24.3 Å². The Hall–Kier alpha value is -2.86. The molecule has 0 aromatic heterocycles. The topological polar surface area (TPSA) is 70.1 Å². The summed E-state index contributed by atoms with van der Waals surface area (Å²) in [6.07, 6.45) is 1.31. The highest BCUT2D eigenvalue weighted by molar-refractivity contribution is 5.85. The van der Waals surface area contributed by atoms with Gasteiger partial charge in [0.25, 0.3) is 0 Å². The average Bonchev–Trinajstić information content (AvgIpc) is 3.09. The van der Waals surface area contributed by atoms with Crippen LogP contribution in [0.1, 0.15) is 43.2 Å². The lowest BCUT2D eigenvalue weighted by atomic mass is 9.87. The van der Waals surface area contributed by atoms with Gasteiger partial charge in [-0.3, -0.25) is 4.90 Å². The number of carboxylic acid groups (broad SMARTS) is 1. The van der Waals surface area contributed by atoms with E-state index >= 15 is 0 Å². The summed E-state index contributed by atoms with van der Waals surface area (Å²) in [4.78, 5) is 29.0. The first kappa shape index (κ1) is 21.4. The van der Waals surface area contributed by atoms with Crippen molar-refractivity contribution in [3.63, 3.8) is 0 Å². The largest absolute Gasteiger partial charge is 0.479 e. The zero-order valence-corrected chi connectivity index (χ0v) is 18.2. The minimum absolute atomic E-state index is 0.0466. The fourth-order valence-corrected chi connectivity index (χ4v) is 5.13. The Morgan fingerprint density at radius 2 is 1.74 bits per heavy atom. The van der Waals surface area contributed by atoms with E-state index < -0.39 is 17.6 Å². The number of nitrogens with zero attached hydrogens (tertiary/aromatic N) is 2. The van der Waals surface area contributed by atoms with E-state index in [-0.39, 0.29) is 12.5 Å². The van der Waals surface area contributed by atoms with Crippen molar-refractivity contribution in [2.24, 2.45) is 0 Å². The predicted octanol–water partition coefficient (Wildman–Crippen LogP) is 4.20. The Labute approximate surface area is 183 Å². The maximum atomic E-state index is 13.3. The first-order valence-corrected chi connectivity index (χ1v) is 11.0. The molecule has 0 bridgehead atoms. The second kappa shape index (κ2) is 8.71. The van der Waals surface area contributed by atoms with Gasteiger partial charge in [0.05, 0.1) is 0 Å². The third-order valence-corrected chi connectivity index (χ3v) is 6.58. The number of rotatable bonds is 6. The SMILES string of the molecule is CCCN(C(=O)OCC1c2ccccc2-c2ccccc21)C1(C(=O)O)CCCN(C)C1. The van der Waals surface area contributed by atoms with Crippen LogP contribution in [0.4, 0.5) is 4.79 Å². The quantitative estimate of drug-likeness (QED) is 0.756. The molecule has 4 rings (SSSR count). The number of carboxylic acids is 1. The van der Waals surface area contributed by atoms with Crippen molar-refractivity contribution in [2.45, 2.75) is 37.6 Å². The maximum absolute atomic E-state index is 13.3. The van der Waals surface area contributed by atoms with E-state index in [1.54, 1.807) is 0 Å². The second-order valence-electron chi connectivity index (χ2n) is 8.63. The van der Waals surface area contributed by atoms with Crippen LogP contribution in [-0.4, -0.2) is 65.8 Å². The number of likely N-dealkylation sites (tertiary alicyclic amines) is 1. The molecule has 164 valence electrons. The van der Waals surface area contributed by atoms with Gasteiger partial charge in [-0.25, -0.2) is 9.59 Å². The Balaban J connectivity index is 1.57. The molecule has 1 saturated heterocycles. The highest BCUT2D eigenvalue weighted by atomic mass is 16.6. The molecule has 1 N–H and O–H groups in total. The van der Waals surface area contributed by atoms with Crippen molar-refractivity contribution in [3.8, 4) is 11.1 Å². The van der Waals surface area contributed by atoms with Crippen LogP contribution in [0.5, 0.6) is 0 Å². The van der Waals surface area contributed by atoms with Crippen LogP contribution in [0.15, 0.2) is 48.5 Å². The standard InChI is InChI=1S/C25H30N2O4/c1-3-14-27(25(23(28)29)13-8-15-26(2)17-25)24(30)31-16-22-20-11-6-4-9-18(20)19-10-5-7-12-21(19)22/h4-7,9-12,22H,3,8,13-17H2,1-2H3,(H,28,29). The molecule has 1 aliphatic heterocycles. The van der Waals surface area contributed by atoms with E-state index in [0.717, 1.165) is 24.1 Å². The summed E-state index contributed by atoms with van der Waals surface area (Å²) in [6, 6.07) is 16.4. The molecule has 31 heavy (non-hydrogen) atoms. The highest BCUT2D eigenvalue weighted by Crippen LogP contribution is 2.44. The van der Waals surface area contributed by atoms with Crippen LogP contribution in [0.25, 0.3) is 11.1 Å². The van der Waals surface area contributed by atoms with Crippen LogP contribution in [-0.2, 0) is 9.53 Å². The normalized spacial score (nSPS) is 20.7. The van der Waals surface area contributed by atoms with Gasteiger partial charge in [-0.1, -0.05) is 55.5 Å². The summed E-state index contributed by atoms with van der Waals surface area (Å²) < 4.78 is 5.82. The number of hydrogen-bond acceptors (Lipinski definition) is 4. The summed E-state index contributed by atoms with van der Waals surface area (Å²) in [7, 11) is 1.90. The molecule has 0 saturated carbocycles. The van der Waals surface area contributed by atoms with Gasteiger partial charge in [0.15, 0.2) is 5.54 Å². The molecule has 6 nitrogen and oxygen atoms in total. The zero-order valence-electron chi connectivity index (χ0n) is 18.2. The van der Waals surface area contributed by atoms with Crippen LogP contribution in [0.3, 0.4) is 0 Å². The van der Waals surface area contributed by atoms with Gasteiger partial charge in [0.2, 0.25) is 0 Å². The lowest BCUT2D eigenvalue weighted by Gasteiger charge is -2.45. The number of amides is 1. The maximum Gasteiger partial charge on any atom is 0.410 e.